The van der Waals surface area contributed by atoms with E-state index in [4.69, 9.17) is 4.74 Å². The summed E-state index contributed by atoms with van der Waals surface area (Å²) in [6.07, 6.45) is 2.76. The Bertz CT molecular complexity index is 1170. The van der Waals surface area contributed by atoms with Crippen molar-refractivity contribution in [1.82, 2.24) is 4.57 Å². The lowest BCUT2D eigenvalue weighted by atomic mass is 9.93. The maximum absolute atomic E-state index is 9.53. The number of oxime groups is 1. The molecule has 1 aliphatic carbocycles. The van der Waals surface area contributed by atoms with Crippen molar-refractivity contribution in [3.63, 3.8) is 0 Å². The molecule has 29 heavy (non-hydrogen) atoms. The SMILES string of the molecule is O/N=C1\CCCc2c1c1ccccc1n2-c1ccc(OCc2ccccc2)cc1. The van der Waals surface area contributed by atoms with Crippen LogP contribution in [0.2, 0.25) is 0 Å². The van der Waals surface area contributed by atoms with Crippen molar-refractivity contribution >= 4 is 16.6 Å². The lowest BCUT2D eigenvalue weighted by Crippen LogP contribution is -2.13. The molecule has 0 saturated heterocycles. The third kappa shape index (κ3) is 3.17. The van der Waals surface area contributed by atoms with Crippen LogP contribution in [0.3, 0.4) is 0 Å². The number of hydrogen-bond donors (Lipinski definition) is 1. The van der Waals surface area contributed by atoms with Gasteiger partial charge < -0.3 is 14.5 Å². The van der Waals surface area contributed by atoms with Crippen molar-refractivity contribution in [2.75, 3.05) is 0 Å². The molecule has 5 rings (SSSR count). The van der Waals surface area contributed by atoms with Gasteiger partial charge in [-0.05, 0) is 55.2 Å². The van der Waals surface area contributed by atoms with Crippen LogP contribution >= 0.6 is 0 Å². The van der Waals surface area contributed by atoms with Gasteiger partial charge in [0.05, 0.1) is 11.2 Å². The van der Waals surface area contributed by atoms with E-state index in [9.17, 15) is 5.21 Å². The summed E-state index contributed by atoms with van der Waals surface area (Å²) >= 11 is 0. The second kappa shape index (κ2) is 7.47. The van der Waals surface area contributed by atoms with Gasteiger partial charge in [0.25, 0.3) is 0 Å². The normalized spacial score (nSPS) is 14.8. The van der Waals surface area contributed by atoms with Gasteiger partial charge in [-0.2, -0.15) is 0 Å². The average Bonchev–Trinajstić information content (AvgIpc) is 3.13. The van der Waals surface area contributed by atoms with E-state index < -0.39 is 0 Å². The number of aromatic nitrogens is 1. The van der Waals surface area contributed by atoms with Crippen LogP contribution in [-0.4, -0.2) is 15.5 Å². The second-order valence-electron chi connectivity index (χ2n) is 7.34. The van der Waals surface area contributed by atoms with Crippen LogP contribution in [0.4, 0.5) is 0 Å². The molecule has 0 fully saturated rings. The monoisotopic (exact) mass is 382 g/mol. The van der Waals surface area contributed by atoms with Crippen molar-refractivity contribution in [3.05, 3.63) is 95.7 Å². The predicted octanol–water partition coefficient (Wildman–Crippen LogP) is 5.72. The number of hydrogen-bond acceptors (Lipinski definition) is 3. The molecule has 0 aliphatic heterocycles. The molecular weight excluding hydrogens is 360 g/mol. The first-order valence-corrected chi connectivity index (χ1v) is 9.96. The highest BCUT2D eigenvalue weighted by Crippen LogP contribution is 2.35. The van der Waals surface area contributed by atoms with E-state index in [1.807, 2.05) is 36.4 Å². The van der Waals surface area contributed by atoms with E-state index >= 15 is 0 Å². The zero-order chi connectivity index (χ0) is 19.6. The molecule has 0 bridgehead atoms. The van der Waals surface area contributed by atoms with Gasteiger partial charge >= 0.3 is 0 Å². The number of para-hydroxylation sites is 1. The number of benzene rings is 3. The highest BCUT2D eigenvalue weighted by molar-refractivity contribution is 6.13. The molecule has 0 saturated carbocycles. The summed E-state index contributed by atoms with van der Waals surface area (Å²) in [4.78, 5) is 0. The van der Waals surface area contributed by atoms with Crippen molar-refractivity contribution < 1.29 is 9.94 Å². The number of fused-ring (bicyclic) bond motifs is 3. The van der Waals surface area contributed by atoms with Crippen LogP contribution in [0.1, 0.15) is 29.7 Å². The molecule has 1 aliphatic rings. The minimum Gasteiger partial charge on any atom is -0.489 e. The standard InChI is InChI=1S/C25H22N2O2/c28-26-22-10-6-12-24-25(22)21-9-4-5-11-23(21)27(24)19-13-15-20(16-14-19)29-17-18-7-2-1-3-8-18/h1-5,7-9,11,13-16,28H,6,10,12,17H2/b26-22+. The Hall–Kier alpha value is -3.53. The van der Waals surface area contributed by atoms with Gasteiger partial charge in [0, 0.05) is 22.3 Å². The minimum atomic E-state index is 0.554. The van der Waals surface area contributed by atoms with E-state index in [0.29, 0.717) is 6.61 Å². The highest BCUT2D eigenvalue weighted by Gasteiger charge is 2.25. The van der Waals surface area contributed by atoms with Crippen molar-refractivity contribution in [3.8, 4) is 11.4 Å². The van der Waals surface area contributed by atoms with Crippen LogP contribution in [0.25, 0.3) is 16.6 Å². The molecule has 144 valence electrons. The Morgan fingerprint density at radius 1 is 0.862 bits per heavy atom. The minimum absolute atomic E-state index is 0.554. The molecule has 1 aromatic heterocycles. The number of nitrogens with zero attached hydrogens (tertiary/aromatic N) is 2. The summed E-state index contributed by atoms with van der Waals surface area (Å²) in [5, 5.41) is 14.3. The van der Waals surface area contributed by atoms with E-state index in [0.717, 1.165) is 58.4 Å². The quantitative estimate of drug-likeness (QED) is 0.362. The maximum atomic E-state index is 9.53. The summed E-state index contributed by atoms with van der Waals surface area (Å²) in [6, 6.07) is 26.7. The third-order valence-electron chi connectivity index (χ3n) is 5.55. The van der Waals surface area contributed by atoms with Crippen LogP contribution in [0.5, 0.6) is 5.75 Å². The summed E-state index contributed by atoms with van der Waals surface area (Å²) in [5.74, 6) is 0.848. The molecule has 0 atom stereocenters. The molecule has 0 spiro atoms. The molecule has 0 amide bonds. The van der Waals surface area contributed by atoms with Gasteiger partial charge in [-0.1, -0.05) is 53.7 Å². The summed E-state index contributed by atoms with van der Waals surface area (Å²) in [6.45, 7) is 0.554. The molecule has 3 aromatic carbocycles. The first-order chi connectivity index (χ1) is 14.3. The smallest absolute Gasteiger partial charge is 0.119 e. The summed E-state index contributed by atoms with van der Waals surface area (Å²) < 4.78 is 8.23. The fraction of sp³-hybridized carbons (Fsp3) is 0.160. The maximum Gasteiger partial charge on any atom is 0.119 e. The summed E-state index contributed by atoms with van der Waals surface area (Å²) in [5.41, 5.74) is 6.45. The molecule has 0 unspecified atom stereocenters. The van der Waals surface area contributed by atoms with Gasteiger partial charge in [0.15, 0.2) is 0 Å². The van der Waals surface area contributed by atoms with Gasteiger partial charge in [-0.3, -0.25) is 0 Å². The highest BCUT2D eigenvalue weighted by atomic mass is 16.5. The van der Waals surface area contributed by atoms with E-state index in [1.165, 1.54) is 5.69 Å². The molecule has 4 heteroatoms. The molecule has 4 aromatic rings. The Labute approximate surface area is 169 Å². The molecule has 4 nitrogen and oxygen atoms in total. The van der Waals surface area contributed by atoms with Gasteiger partial charge in [0.2, 0.25) is 0 Å². The topological polar surface area (TPSA) is 46.8 Å². The predicted molar refractivity (Wildman–Crippen MR) is 115 cm³/mol. The zero-order valence-corrected chi connectivity index (χ0v) is 16.1. The molecule has 1 heterocycles. The number of rotatable bonds is 4. The molecule has 0 radical (unpaired) electrons. The lowest BCUT2D eigenvalue weighted by Gasteiger charge is -2.17. The average molecular weight is 382 g/mol. The fourth-order valence-electron chi connectivity index (χ4n) is 4.23. The fourth-order valence-corrected chi connectivity index (χ4v) is 4.23. The van der Waals surface area contributed by atoms with Crippen LogP contribution in [0.15, 0.2) is 84.0 Å². The van der Waals surface area contributed by atoms with Crippen molar-refractivity contribution in [2.45, 2.75) is 25.9 Å². The Balaban J connectivity index is 1.51. The van der Waals surface area contributed by atoms with Crippen LogP contribution in [-0.2, 0) is 13.0 Å². The van der Waals surface area contributed by atoms with Crippen molar-refractivity contribution in [1.29, 1.82) is 0 Å². The third-order valence-corrected chi connectivity index (χ3v) is 5.55. The van der Waals surface area contributed by atoms with E-state index in [2.05, 4.69) is 52.2 Å². The first kappa shape index (κ1) is 17.6. The van der Waals surface area contributed by atoms with Crippen LogP contribution in [0, 0.1) is 0 Å². The van der Waals surface area contributed by atoms with E-state index in [1.54, 1.807) is 0 Å². The Morgan fingerprint density at radius 2 is 1.62 bits per heavy atom. The number of ether oxygens (including phenoxy) is 1. The van der Waals surface area contributed by atoms with Gasteiger partial charge in [-0.15, -0.1) is 0 Å². The van der Waals surface area contributed by atoms with Gasteiger partial charge in [-0.25, -0.2) is 0 Å². The van der Waals surface area contributed by atoms with Gasteiger partial charge in [0.1, 0.15) is 12.4 Å². The molecular formula is C25H22N2O2. The van der Waals surface area contributed by atoms with E-state index in [-0.39, 0.29) is 0 Å². The first-order valence-electron chi connectivity index (χ1n) is 9.96. The second-order valence-corrected chi connectivity index (χ2v) is 7.34. The summed E-state index contributed by atoms with van der Waals surface area (Å²) in [7, 11) is 0. The zero-order valence-electron chi connectivity index (χ0n) is 16.1. The lowest BCUT2D eigenvalue weighted by molar-refractivity contribution is 0.306. The molecule has 1 N–H and O–H groups in total. The van der Waals surface area contributed by atoms with Crippen molar-refractivity contribution in [2.24, 2.45) is 5.16 Å². The van der Waals surface area contributed by atoms with Crippen LogP contribution < -0.4 is 4.74 Å². The largest absolute Gasteiger partial charge is 0.489 e. The Morgan fingerprint density at radius 3 is 2.41 bits per heavy atom. The Kier molecular flexibility index (Phi) is 4.53.